The second-order valence-electron chi connectivity index (χ2n) is 3.85. The topological polar surface area (TPSA) is 90.5 Å². The van der Waals surface area contributed by atoms with Crippen molar-refractivity contribution in [2.45, 2.75) is 19.9 Å². The predicted octanol–water partition coefficient (Wildman–Crippen LogP) is 0.310. The molecule has 0 fully saturated rings. The largest absolute Gasteiger partial charge is 0.480 e. The van der Waals surface area contributed by atoms with E-state index in [9.17, 15) is 14.4 Å². The number of carbonyl (C=O) groups excluding carboxylic acids is 1. The summed E-state index contributed by atoms with van der Waals surface area (Å²) >= 11 is 0. The number of aromatic nitrogens is 1. The maximum atomic E-state index is 12.0. The summed E-state index contributed by atoms with van der Waals surface area (Å²) in [6.07, 6.45) is 0. The van der Waals surface area contributed by atoms with E-state index < -0.39 is 24.0 Å². The van der Waals surface area contributed by atoms with Crippen molar-refractivity contribution in [1.29, 1.82) is 0 Å². The molecule has 0 aromatic carbocycles. The van der Waals surface area contributed by atoms with Gasteiger partial charge < -0.3 is 15.0 Å². The number of rotatable bonds is 4. The summed E-state index contributed by atoms with van der Waals surface area (Å²) in [6, 6.07) is 3.92. The van der Waals surface area contributed by atoms with Crippen molar-refractivity contribution in [3.63, 3.8) is 0 Å². The third kappa shape index (κ3) is 3.44. The monoisotopic (exact) mass is 238 g/mol. The van der Waals surface area contributed by atoms with Gasteiger partial charge in [-0.15, -0.1) is 0 Å². The number of nitrogens with one attached hydrogen (secondary N) is 1. The van der Waals surface area contributed by atoms with Crippen molar-refractivity contribution >= 4 is 11.9 Å². The van der Waals surface area contributed by atoms with Crippen LogP contribution >= 0.6 is 0 Å². The van der Waals surface area contributed by atoms with Crippen LogP contribution in [0.25, 0.3) is 0 Å². The molecule has 0 aliphatic carbocycles. The molecule has 1 rings (SSSR count). The minimum Gasteiger partial charge on any atom is -0.480 e. The van der Waals surface area contributed by atoms with Gasteiger partial charge in [-0.1, -0.05) is 6.07 Å². The van der Waals surface area contributed by atoms with Crippen LogP contribution in [0.5, 0.6) is 0 Å². The van der Waals surface area contributed by atoms with Gasteiger partial charge in [0.25, 0.3) is 5.91 Å². The number of carboxylic acid groups (broad SMARTS) is 1. The van der Waals surface area contributed by atoms with Crippen LogP contribution in [-0.2, 0) is 4.79 Å². The highest BCUT2D eigenvalue weighted by Crippen LogP contribution is 2.04. The quantitative estimate of drug-likeness (QED) is 0.789. The second-order valence-corrected chi connectivity index (χ2v) is 3.85. The molecule has 1 amide bonds. The number of aliphatic carboxylic acids is 1. The molecular weight excluding hydrogens is 224 g/mol. The molecule has 17 heavy (non-hydrogen) atoms. The van der Waals surface area contributed by atoms with Gasteiger partial charge in [-0.2, -0.15) is 0 Å². The van der Waals surface area contributed by atoms with E-state index in [0.29, 0.717) is 0 Å². The summed E-state index contributed by atoms with van der Waals surface area (Å²) in [7, 11) is 0. The molecule has 6 nitrogen and oxygen atoms in total. The first-order valence-corrected chi connectivity index (χ1v) is 5.14. The van der Waals surface area contributed by atoms with Crippen molar-refractivity contribution in [1.82, 2.24) is 9.88 Å². The van der Waals surface area contributed by atoms with Crippen LogP contribution < -0.4 is 5.56 Å². The summed E-state index contributed by atoms with van der Waals surface area (Å²) in [5.74, 6) is -1.59. The molecule has 0 aliphatic rings. The zero-order valence-corrected chi connectivity index (χ0v) is 9.64. The number of H-pyrrole nitrogens is 1. The highest BCUT2D eigenvalue weighted by atomic mass is 16.4. The molecule has 1 heterocycles. The smallest absolute Gasteiger partial charge is 0.323 e. The van der Waals surface area contributed by atoms with Gasteiger partial charge in [0, 0.05) is 12.1 Å². The van der Waals surface area contributed by atoms with Gasteiger partial charge in [-0.25, -0.2) is 0 Å². The number of hydrogen-bond donors (Lipinski definition) is 2. The van der Waals surface area contributed by atoms with Gasteiger partial charge in [0.15, 0.2) is 0 Å². The number of nitrogens with zero attached hydrogens (tertiary/aromatic N) is 1. The summed E-state index contributed by atoms with van der Waals surface area (Å²) in [6.45, 7) is 3.02. The fourth-order valence-corrected chi connectivity index (χ4v) is 1.36. The molecule has 0 radical (unpaired) electrons. The van der Waals surface area contributed by atoms with Crippen molar-refractivity contribution in [3.05, 3.63) is 34.2 Å². The van der Waals surface area contributed by atoms with E-state index in [2.05, 4.69) is 4.98 Å². The number of amides is 1. The lowest BCUT2D eigenvalue weighted by atomic mass is 10.2. The highest BCUT2D eigenvalue weighted by molar-refractivity contribution is 5.94. The maximum Gasteiger partial charge on any atom is 0.323 e. The van der Waals surface area contributed by atoms with E-state index in [0.717, 1.165) is 0 Å². The Hall–Kier alpha value is -2.11. The number of carbonyl (C=O) groups is 2. The Morgan fingerprint density at radius 3 is 2.53 bits per heavy atom. The number of pyridine rings is 1. The third-order valence-electron chi connectivity index (χ3n) is 2.19. The molecule has 92 valence electrons. The van der Waals surface area contributed by atoms with Crippen LogP contribution in [0.2, 0.25) is 0 Å². The molecule has 1 aromatic rings. The van der Waals surface area contributed by atoms with Gasteiger partial charge >= 0.3 is 5.97 Å². The first-order chi connectivity index (χ1) is 7.91. The molecule has 2 N–H and O–H groups in total. The van der Waals surface area contributed by atoms with Crippen LogP contribution in [0, 0.1) is 0 Å². The lowest BCUT2D eigenvalue weighted by Crippen LogP contribution is -2.41. The summed E-state index contributed by atoms with van der Waals surface area (Å²) in [4.78, 5) is 37.2. The standard InChI is InChI=1S/C11H14N2O4/c1-7(2)13(6-10(15)16)11(17)8-4-3-5-9(14)12-8/h3-5,7H,6H2,1-2H3,(H,12,14)(H,15,16). The maximum absolute atomic E-state index is 12.0. The van der Waals surface area contributed by atoms with Gasteiger partial charge in [0.2, 0.25) is 5.56 Å². The minimum atomic E-state index is -1.09. The van der Waals surface area contributed by atoms with Crippen LogP contribution in [0.15, 0.2) is 23.0 Å². The Kier molecular flexibility index (Phi) is 4.03. The SMILES string of the molecule is CC(C)N(CC(=O)O)C(=O)c1cccc(=O)[nH]1. The first-order valence-electron chi connectivity index (χ1n) is 5.14. The molecule has 0 aliphatic heterocycles. The Balaban J connectivity index is 2.99. The molecule has 0 bridgehead atoms. The molecule has 6 heteroatoms. The third-order valence-corrected chi connectivity index (χ3v) is 2.19. The summed E-state index contributed by atoms with van der Waals surface area (Å²) < 4.78 is 0. The van der Waals surface area contributed by atoms with E-state index in [1.807, 2.05) is 0 Å². The Morgan fingerprint density at radius 1 is 1.41 bits per heavy atom. The average molecular weight is 238 g/mol. The molecule has 0 spiro atoms. The second kappa shape index (κ2) is 5.29. The van der Waals surface area contributed by atoms with Gasteiger partial charge in [0.1, 0.15) is 12.2 Å². The molecule has 0 atom stereocenters. The molecule has 0 saturated carbocycles. The van der Waals surface area contributed by atoms with Gasteiger partial charge in [-0.05, 0) is 19.9 Å². The lowest BCUT2D eigenvalue weighted by molar-refractivity contribution is -0.138. The van der Waals surface area contributed by atoms with Gasteiger partial charge in [0.05, 0.1) is 0 Å². The molecule has 0 unspecified atom stereocenters. The Bertz CT molecular complexity index is 478. The van der Waals surface area contributed by atoms with Crippen LogP contribution in [0.3, 0.4) is 0 Å². The highest BCUT2D eigenvalue weighted by Gasteiger charge is 2.21. The predicted molar refractivity (Wildman–Crippen MR) is 60.9 cm³/mol. The van der Waals surface area contributed by atoms with Crippen molar-refractivity contribution in [2.75, 3.05) is 6.54 Å². The van der Waals surface area contributed by atoms with E-state index in [4.69, 9.17) is 5.11 Å². The average Bonchev–Trinajstić information content (AvgIpc) is 2.24. The summed E-state index contributed by atoms with van der Waals surface area (Å²) in [5, 5.41) is 8.72. The fourth-order valence-electron chi connectivity index (χ4n) is 1.36. The number of aromatic amines is 1. The Labute approximate surface area is 97.9 Å². The lowest BCUT2D eigenvalue weighted by Gasteiger charge is -2.24. The van der Waals surface area contributed by atoms with E-state index in [1.54, 1.807) is 13.8 Å². The first kappa shape index (κ1) is 13.0. The van der Waals surface area contributed by atoms with Gasteiger partial charge in [-0.3, -0.25) is 14.4 Å². The number of carboxylic acids is 1. The Morgan fingerprint density at radius 2 is 2.06 bits per heavy atom. The zero-order chi connectivity index (χ0) is 13.0. The van der Waals surface area contributed by atoms with Crippen LogP contribution in [0.1, 0.15) is 24.3 Å². The normalized spacial score (nSPS) is 10.3. The molecule has 0 saturated heterocycles. The number of hydrogen-bond acceptors (Lipinski definition) is 3. The van der Waals surface area contributed by atoms with E-state index in [1.165, 1.54) is 23.1 Å². The van der Waals surface area contributed by atoms with Crippen molar-refractivity contribution in [3.8, 4) is 0 Å². The summed E-state index contributed by atoms with van der Waals surface area (Å²) in [5.41, 5.74) is -0.303. The molecule has 1 aromatic heterocycles. The van der Waals surface area contributed by atoms with Crippen LogP contribution in [0.4, 0.5) is 0 Å². The van der Waals surface area contributed by atoms with E-state index >= 15 is 0 Å². The fraction of sp³-hybridized carbons (Fsp3) is 0.364. The minimum absolute atomic E-state index is 0.0902. The van der Waals surface area contributed by atoms with Crippen molar-refractivity contribution in [2.24, 2.45) is 0 Å². The van der Waals surface area contributed by atoms with Crippen molar-refractivity contribution < 1.29 is 14.7 Å². The molecular formula is C11H14N2O4. The van der Waals surface area contributed by atoms with E-state index in [-0.39, 0.29) is 11.7 Å². The van der Waals surface area contributed by atoms with Crippen LogP contribution in [-0.4, -0.2) is 39.5 Å². The zero-order valence-electron chi connectivity index (χ0n) is 9.64.